The summed E-state index contributed by atoms with van der Waals surface area (Å²) >= 11 is 0. The van der Waals surface area contributed by atoms with Crippen LogP contribution < -0.4 is 10.1 Å². The zero-order chi connectivity index (χ0) is 21.6. The fourth-order valence-electron chi connectivity index (χ4n) is 4.02. The van der Waals surface area contributed by atoms with Gasteiger partial charge in [-0.25, -0.2) is 0 Å². The highest BCUT2D eigenvalue weighted by atomic mass is 16.5. The van der Waals surface area contributed by atoms with Gasteiger partial charge < -0.3 is 15.0 Å². The third-order valence-electron chi connectivity index (χ3n) is 5.63. The number of amides is 2. The second-order valence-electron chi connectivity index (χ2n) is 7.71. The normalized spacial score (nSPS) is 16.4. The minimum Gasteiger partial charge on any atom is -0.496 e. The number of rotatable bonds is 5. The first-order chi connectivity index (χ1) is 15.2. The van der Waals surface area contributed by atoms with E-state index in [4.69, 9.17) is 4.74 Å². The van der Waals surface area contributed by atoms with Crippen LogP contribution in [0.2, 0.25) is 0 Å². The van der Waals surface area contributed by atoms with Gasteiger partial charge in [0.2, 0.25) is 5.91 Å². The van der Waals surface area contributed by atoms with Crippen LogP contribution in [0.3, 0.4) is 0 Å². The molecule has 3 aromatic rings. The maximum absolute atomic E-state index is 13.2. The summed E-state index contributed by atoms with van der Waals surface area (Å²) in [6, 6.07) is 25.6. The van der Waals surface area contributed by atoms with E-state index in [1.807, 2.05) is 42.5 Å². The molecule has 31 heavy (non-hydrogen) atoms. The van der Waals surface area contributed by atoms with Gasteiger partial charge in [-0.2, -0.15) is 0 Å². The Hall–Kier alpha value is -3.60. The molecule has 3 aromatic carbocycles. The molecule has 0 bridgehead atoms. The van der Waals surface area contributed by atoms with Gasteiger partial charge in [0.1, 0.15) is 5.75 Å². The van der Waals surface area contributed by atoms with E-state index < -0.39 is 0 Å². The molecule has 1 fully saturated rings. The zero-order valence-electron chi connectivity index (χ0n) is 17.6. The minimum absolute atomic E-state index is 0.0135. The van der Waals surface area contributed by atoms with Crippen LogP contribution >= 0.6 is 0 Å². The number of methoxy groups -OCH3 is 1. The van der Waals surface area contributed by atoms with Crippen molar-refractivity contribution in [2.45, 2.75) is 6.42 Å². The Morgan fingerprint density at radius 3 is 2.55 bits per heavy atom. The standard InChI is InChI=1S/C26H26N2O3/c1-31-24-13-6-5-12-23(24)26(30)28-15-14-27-25(29)22(18-28)17-19-8-7-11-21(16-19)20-9-3-2-4-10-20/h2-13,16,22H,14-15,17-18H2,1H3,(H,27,29)/t22-/m1/s1. The smallest absolute Gasteiger partial charge is 0.257 e. The van der Waals surface area contributed by atoms with Crippen molar-refractivity contribution in [1.82, 2.24) is 10.2 Å². The van der Waals surface area contributed by atoms with E-state index in [-0.39, 0.29) is 17.7 Å². The van der Waals surface area contributed by atoms with E-state index in [0.717, 1.165) is 16.7 Å². The summed E-state index contributed by atoms with van der Waals surface area (Å²) in [4.78, 5) is 27.7. The second-order valence-corrected chi connectivity index (χ2v) is 7.71. The van der Waals surface area contributed by atoms with Crippen molar-refractivity contribution in [3.8, 4) is 16.9 Å². The minimum atomic E-state index is -0.313. The molecule has 4 rings (SSSR count). The lowest BCUT2D eigenvalue weighted by molar-refractivity contribution is -0.124. The van der Waals surface area contributed by atoms with Gasteiger partial charge in [0, 0.05) is 19.6 Å². The zero-order valence-corrected chi connectivity index (χ0v) is 17.6. The Labute approximate surface area is 182 Å². The summed E-state index contributed by atoms with van der Waals surface area (Å²) < 4.78 is 5.36. The number of nitrogens with zero attached hydrogens (tertiary/aromatic N) is 1. The van der Waals surface area contributed by atoms with Crippen LogP contribution in [0.25, 0.3) is 11.1 Å². The van der Waals surface area contributed by atoms with E-state index >= 15 is 0 Å². The summed E-state index contributed by atoms with van der Waals surface area (Å²) in [5.41, 5.74) is 3.86. The van der Waals surface area contributed by atoms with Crippen molar-refractivity contribution in [2.75, 3.05) is 26.7 Å². The van der Waals surface area contributed by atoms with E-state index in [9.17, 15) is 9.59 Å². The van der Waals surface area contributed by atoms with Gasteiger partial charge in [-0.15, -0.1) is 0 Å². The van der Waals surface area contributed by atoms with Crippen molar-refractivity contribution in [3.05, 3.63) is 90.0 Å². The first kappa shape index (κ1) is 20.7. The van der Waals surface area contributed by atoms with Crippen LogP contribution in [0.4, 0.5) is 0 Å². The van der Waals surface area contributed by atoms with E-state index in [2.05, 4.69) is 29.6 Å². The average Bonchev–Trinajstić information content (AvgIpc) is 3.00. The Bertz CT molecular complexity index is 1070. The lowest BCUT2D eigenvalue weighted by Gasteiger charge is -2.24. The van der Waals surface area contributed by atoms with Crippen molar-refractivity contribution >= 4 is 11.8 Å². The van der Waals surface area contributed by atoms with Crippen LogP contribution in [-0.2, 0) is 11.2 Å². The molecule has 1 aliphatic heterocycles. The molecule has 158 valence electrons. The molecule has 0 aliphatic carbocycles. The first-order valence-corrected chi connectivity index (χ1v) is 10.5. The van der Waals surface area contributed by atoms with Crippen molar-refractivity contribution in [3.63, 3.8) is 0 Å². The fraction of sp³-hybridized carbons (Fsp3) is 0.231. The van der Waals surface area contributed by atoms with Crippen LogP contribution in [-0.4, -0.2) is 43.5 Å². The molecular weight excluding hydrogens is 388 g/mol. The van der Waals surface area contributed by atoms with Gasteiger partial charge in [-0.3, -0.25) is 9.59 Å². The van der Waals surface area contributed by atoms with E-state index in [1.165, 1.54) is 0 Å². The maximum Gasteiger partial charge on any atom is 0.257 e. The molecule has 1 aliphatic rings. The Kier molecular flexibility index (Phi) is 6.32. The van der Waals surface area contributed by atoms with E-state index in [0.29, 0.717) is 37.4 Å². The molecule has 0 spiro atoms. The third kappa shape index (κ3) is 4.77. The van der Waals surface area contributed by atoms with Crippen LogP contribution in [0, 0.1) is 5.92 Å². The summed E-state index contributed by atoms with van der Waals surface area (Å²) in [5.74, 6) is 0.104. The average molecular weight is 415 g/mol. The number of hydrogen-bond donors (Lipinski definition) is 1. The van der Waals surface area contributed by atoms with E-state index in [1.54, 1.807) is 24.1 Å². The molecule has 0 unspecified atom stereocenters. The highest BCUT2D eigenvalue weighted by Crippen LogP contribution is 2.24. The monoisotopic (exact) mass is 414 g/mol. The summed E-state index contributed by atoms with van der Waals surface area (Å²) in [7, 11) is 1.56. The summed E-state index contributed by atoms with van der Waals surface area (Å²) in [5, 5.41) is 2.96. The van der Waals surface area contributed by atoms with Crippen LogP contribution in [0.15, 0.2) is 78.9 Å². The Morgan fingerprint density at radius 1 is 1.00 bits per heavy atom. The summed E-state index contributed by atoms with van der Waals surface area (Å²) in [6.45, 7) is 1.29. The predicted molar refractivity (Wildman–Crippen MR) is 121 cm³/mol. The number of nitrogens with one attached hydrogen (secondary N) is 1. The predicted octanol–water partition coefficient (Wildman–Crippen LogP) is 3.79. The number of ether oxygens (including phenoxy) is 1. The van der Waals surface area contributed by atoms with Gasteiger partial charge in [0.05, 0.1) is 18.6 Å². The fourth-order valence-corrected chi connectivity index (χ4v) is 4.02. The number of benzene rings is 3. The number of hydrogen-bond acceptors (Lipinski definition) is 3. The maximum atomic E-state index is 13.2. The first-order valence-electron chi connectivity index (χ1n) is 10.5. The van der Waals surface area contributed by atoms with Gasteiger partial charge in [-0.1, -0.05) is 66.7 Å². The Balaban J connectivity index is 1.54. The topological polar surface area (TPSA) is 58.6 Å². The van der Waals surface area contributed by atoms with Crippen LogP contribution in [0.5, 0.6) is 5.75 Å². The van der Waals surface area contributed by atoms with Crippen molar-refractivity contribution in [2.24, 2.45) is 5.92 Å². The van der Waals surface area contributed by atoms with Crippen molar-refractivity contribution < 1.29 is 14.3 Å². The lowest BCUT2D eigenvalue weighted by atomic mass is 9.95. The Morgan fingerprint density at radius 2 is 1.74 bits per heavy atom. The molecule has 5 nitrogen and oxygen atoms in total. The lowest BCUT2D eigenvalue weighted by Crippen LogP contribution is -2.37. The summed E-state index contributed by atoms with van der Waals surface area (Å²) in [6.07, 6.45) is 0.572. The molecule has 0 saturated carbocycles. The van der Waals surface area contributed by atoms with Gasteiger partial charge in [-0.05, 0) is 35.2 Å². The van der Waals surface area contributed by atoms with Crippen molar-refractivity contribution in [1.29, 1.82) is 0 Å². The van der Waals surface area contributed by atoms with Gasteiger partial charge >= 0.3 is 0 Å². The molecule has 5 heteroatoms. The largest absolute Gasteiger partial charge is 0.496 e. The molecule has 0 aromatic heterocycles. The number of para-hydroxylation sites is 1. The van der Waals surface area contributed by atoms with Gasteiger partial charge in [0.15, 0.2) is 0 Å². The molecule has 2 amide bonds. The SMILES string of the molecule is COc1ccccc1C(=O)N1CCNC(=O)[C@H](Cc2cccc(-c3ccccc3)c2)C1. The molecule has 1 N–H and O–H groups in total. The highest BCUT2D eigenvalue weighted by molar-refractivity contribution is 5.97. The third-order valence-corrected chi connectivity index (χ3v) is 5.63. The molecule has 1 heterocycles. The highest BCUT2D eigenvalue weighted by Gasteiger charge is 2.29. The molecule has 1 atom stereocenters. The number of carbonyl (C=O) groups excluding carboxylic acids is 2. The quantitative estimate of drug-likeness (QED) is 0.691. The molecule has 0 radical (unpaired) electrons. The number of carbonyl (C=O) groups is 2. The molecular formula is C26H26N2O3. The van der Waals surface area contributed by atoms with Gasteiger partial charge in [0.25, 0.3) is 5.91 Å². The second kappa shape index (κ2) is 9.47. The molecule has 1 saturated heterocycles. The van der Waals surface area contributed by atoms with Crippen LogP contribution in [0.1, 0.15) is 15.9 Å².